The van der Waals surface area contributed by atoms with Gasteiger partial charge >= 0.3 is 0 Å². The minimum Gasteiger partial charge on any atom is -0.457 e. The van der Waals surface area contributed by atoms with Crippen LogP contribution in [0, 0.1) is 0 Å². The van der Waals surface area contributed by atoms with Crippen LogP contribution in [0.5, 0.6) is 11.5 Å². The Bertz CT molecular complexity index is 593. The molecule has 0 radical (unpaired) electrons. The Morgan fingerprint density at radius 3 is 2.40 bits per heavy atom. The molecule has 0 N–H and O–H groups in total. The molecule has 0 aliphatic carbocycles. The smallest absolute Gasteiger partial charge is 0.133 e. The molecule has 0 unspecified atom stereocenters. The van der Waals surface area contributed by atoms with Gasteiger partial charge in [0.05, 0.1) is 0 Å². The lowest BCUT2D eigenvalue weighted by molar-refractivity contribution is 0.460. The van der Waals surface area contributed by atoms with E-state index in [4.69, 9.17) is 4.74 Å². The number of hydrogen-bond acceptors (Lipinski definition) is 2. The Labute approximate surface area is 126 Å². The van der Waals surface area contributed by atoms with Crippen LogP contribution in [-0.2, 0) is 6.42 Å². The molecule has 0 saturated carbocycles. The zero-order chi connectivity index (χ0) is 13.2. The van der Waals surface area contributed by atoms with Crippen molar-refractivity contribution in [2.75, 3.05) is 18.0 Å². The van der Waals surface area contributed by atoms with E-state index in [1.165, 1.54) is 16.8 Å². The average molecular weight is 290 g/mol. The standard InChI is InChI=1S/C17H19NO.ClH/c1-3-18(4-2)15-9-7-11-17-14(15)12-13-8-5-6-10-16(13)19-17;/h5-11H,3-4,12H2,1-2H3;1H. The Morgan fingerprint density at radius 1 is 0.950 bits per heavy atom. The maximum absolute atomic E-state index is 6.03. The molecule has 0 atom stereocenters. The second-order valence-corrected chi connectivity index (χ2v) is 4.81. The first-order valence-corrected chi connectivity index (χ1v) is 6.96. The van der Waals surface area contributed by atoms with Crippen LogP contribution in [0.15, 0.2) is 42.5 Å². The number of fused-ring (bicyclic) bond motifs is 2. The van der Waals surface area contributed by atoms with Crippen molar-refractivity contribution >= 4 is 18.1 Å². The predicted molar refractivity (Wildman–Crippen MR) is 86.6 cm³/mol. The van der Waals surface area contributed by atoms with E-state index in [1.807, 2.05) is 12.1 Å². The van der Waals surface area contributed by atoms with E-state index in [0.29, 0.717) is 0 Å². The first-order chi connectivity index (χ1) is 9.33. The third-order valence-electron chi connectivity index (χ3n) is 3.77. The summed E-state index contributed by atoms with van der Waals surface area (Å²) in [7, 11) is 0. The van der Waals surface area contributed by atoms with E-state index in [2.05, 4.69) is 49.1 Å². The van der Waals surface area contributed by atoms with Crippen LogP contribution in [-0.4, -0.2) is 13.1 Å². The minimum atomic E-state index is 0. The van der Waals surface area contributed by atoms with Gasteiger partial charge in [0.25, 0.3) is 0 Å². The second-order valence-electron chi connectivity index (χ2n) is 4.81. The van der Waals surface area contributed by atoms with Crippen LogP contribution in [0.1, 0.15) is 25.0 Å². The third-order valence-corrected chi connectivity index (χ3v) is 3.77. The van der Waals surface area contributed by atoms with E-state index >= 15 is 0 Å². The molecular formula is C17H20ClNO. The largest absolute Gasteiger partial charge is 0.457 e. The van der Waals surface area contributed by atoms with Crippen LogP contribution in [0.25, 0.3) is 0 Å². The molecule has 0 saturated heterocycles. The monoisotopic (exact) mass is 289 g/mol. The SMILES string of the molecule is CCN(CC)c1cccc2c1Cc1ccccc1O2.Cl. The maximum Gasteiger partial charge on any atom is 0.133 e. The van der Waals surface area contributed by atoms with E-state index in [-0.39, 0.29) is 12.4 Å². The molecule has 2 aromatic rings. The summed E-state index contributed by atoms with van der Waals surface area (Å²) in [5, 5.41) is 0. The molecule has 0 bridgehead atoms. The van der Waals surface area contributed by atoms with Gasteiger partial charge in [-0.2, -0.15) is 0 Å². The first-order valence-electron chi connectivity index (χ1n) is 6.96. The number of benzene rings is 2. The molecule has 2 aromatic carbocycles. The summed E-state index contributed by atoms with van der Waals surface area (Å²) in [5.74, 6) is 2.00. The molecule has 2 nitrogen and oxygen atoms in total. The number of para-hydroxylation sites is 1. The highest BCUT2D eigenvalue weighted by atomic mass is 35.5. The van der Waals surface area contributed by atoms with E-state index in [0.717, 1.165) is 31.0 Å². The normalized spacial score (nSPS) is 11.7. The number of rotatable bonds is 3. The zero-order valence-corrected chi connectivity index (χ0v) is 12.7. The fourth-order valence-electron chi connectivity index (χ4n) is 2.75. The lowest BCUT2D eigenvalue weighted by atomic mass is 9.98. The van der Waals surface area contributed by atoms with Crippen molar-refractivity contribution in [3.63, 3.8) is 0 Å². The molecule has 3 heteroatoms. The summed E-state index contributed by atoms with van der Waals surface area (Å²) in [6, 6.07) is 14.6. The molecule has 1 aliphatic heterocycles. The van der Waals surface area contributed by atoms with Gasteiger partial charge in [-0.3, -0.25) is 0 Å². The number of nitrogens with zero attached hydrogens (tertiary/aromatic N) is 1. The minimum absolute atomic E-state index is 0. The maximum atomic E-state index is 6.03. The Hall–Kier alpha value is -1.67. The molecule has 1 aliphatic rings. The van der Waals surface area contributed by atoms with Gasteiger partial charge in [-0.05, 0) is 37.6 Å². The van der Waals surface area contributed by atoms with Crippen molar-refractivity contribution in [3.8, 4) is 11.5 Å². The summed E-state index contributed by atoms with van der Waals surface area (Å²) in [6.07, 6.45) is 0.957. The zero-order valence-electron chi connectivity index (χ0n) is 11.9. The van der Waals surface area contributed by atoms with Gasteiger partial charge in [-0.15, -0.1) is 12.4 Å². The average Bonchev–Trinajstić information content (AvgIpc) is 2.46. The van der Waals surface area contributed by atoms with Gasteiger partial charge in [-0.1, -0.05) is 24.3 Å². The number of hydrogen-bond donors (Lipinski definition) is 0. The van der Waals surface area contributed by atoms with Crippen molar-refractivity contribution in [3.05, 3.63) is 53.6 Å². The number of anilines is 1. The Morgan fingerprint density at radius 2 is 1.65 bits per heavy atom. The molecule has 3 rings (SSSR count). The molecule has 0 fully saturated rings. The Balaban J connectivity index is 0.00000147. The quantitative estimate of drug-likeness (QED) is 0.696. The molecule has 1 heterocycles. The lowest BCUT2D eigenvalue weighted by Gasteiger charge is -2.28. The summed E-state index contributed by atoms with van der Waals surface area (Å²) >= 11 is 0. The molecule has 0 spiro atoms. The highest BCUT2D eigenvalue weighted by Gasteiger charge is 2.20. The van der Waals surface area contributed by atoms with Crippen molar-refractivity contribution in [2.45, 2.75) is 20.3 Å². The lowest BCUT2D eigenvalue weighted by Crippen LogP contribution is -2.23. The molecule has 106 valence electrons. The first kappa shape index (κ1) is 14.7. The van der Waals surface area contributed by atoms with Crippen LogP contribution in [0.4, 0.5) is 5.69 Å². The van der Waals surface area contributed by atoms with Gasteiger partial charge in [0.1, 0.15) is 11.5 Å². The summed E-state index contributed by atoms with van der Waals surface area (Å²) in [5.41, 5.74) is 3.89. The van der Waals surface area contributed by atoms with Gasteiger partial charge in [0.2, 0.25) is 0 Å². The topological polar surface area (TPSA) is 12.5 Å². The highest BCUT2D eigenvalue weighted by molar-refractivity contribution is 5.85. The van der Waals surface area contributed by atoms with Crippen molar-refractivity contribution < 1.29 is 4.74 Å². The van der Waals surface area contributed by atoms with Crippen molar-refractivity contribution in [1.29, 1.82) is 0 Å². The van der Waals surface area contributed by atoms with Crippen LogP contribution in [0.3, 0.4) is 0 Å². The van der Waals surface area contributed by atoms with E-state index < -0.39 is 0 Å². The second kappa shape index (κ2) is 6.19. The summed E-state index contributed by atoms with van der Waals surface area (Å²) < 4.78 is 6.03. The molecule has 0 aromatic heterocycles. The van der Waals surface area contributed by atoms with Crippen LogP contribution in [0.2, 0.25) is 0 Å². The van der Waals surface area contributed by atoms with Crippen LogP contribution >= 0.6 is 12.4 Å². The highest BCUT2D eigenvalue weighted by Crippen LogP contribution is 2.40. The number of ether oxygens (including phenoxy) is 1. The van der Waals surface area contributed by atoms with Crippen LogP contribution < -0.4 is 9.64 Å². The molecular weight excluding hydrogens is 270 g/mol. The van der Waals surface area contributed by atoms with Crippen molar-refractivity contribution in [1.82, 2.24) is 0 Å². The third kappa shape index (κ3) is 2.48. The molecule has 0 amide bonds. The van der Waals surface area contributed by atoms with E-state index in [9.17, 15) is 0 Å². The summed E-state index contributed by atoms with van der Waals surface area (Å²) in [6.45, 7) is 6.43. The molecule has 20 heavy (non-hydrogen) atoms. The fourth-order valence-corrected chi connectivity index (χ4v) is 2.75. The predicted octanol–water partition coefficient (Wildman–Crippen LogP) is 4.65. The summed E-state index contributed by atoms with van der Waals surface area (Å²) in [4.78, 5) is 2.39. The fraction of sp³-hybridized carbons (Fsp3) is 0.294. The van der Waals surface area contributed by atoms with E-state index in [1.54, 1.807) is 0 Å². The van der Waals surface area contributed by atoms with Gasteiger partial charge in [0, 0.05) is 30.8 Å². The van der Waals surface area contributed by atoms with Gasteiger partial charge < -0.3 is 9.64 Å². The van der Waals surface area contributed by atoms with Crippen molar-refractivity contribution in [2.24, 2.45) is 0 Å². The number of halogens is 1. The van der Waals surface area contributed by atoms with Gasteiger partial charge in [0.15, 0.2) is 0 Å². The van der Waals surface area contributed by atoms with Gasteiger partial charge in [-0.25, -0.2) is 0 Å². The Kier molecular flexibility index (Phi) is 4.56.